The van der Waals surface area contributed by atoms with Gasteiger partial charge in [-0.3, -0.25) is 4.79 Å². The van der Waals surface area contributed by atoms with Crippen molar-refractivity contribution < 1.29 is 23.8 Å². The van der Waals surface area contributed by atoms with Crippen molar-refractivity contribution in [2.24, 2.45) is 5.92 Å². The van der Waals surface area contributed by atoms with Gasteiger partial charge in [0.25, 0.3) is 0 Å². The molecular formula is C18H22FNO4. The number of hydrogen-bond acceptors (Lipinski definition) is 3. The van der Waals surface area contributed by atoms with Crippen LogP contribution >= 0.6 is 0 Å². The van der Waals surface area contributed by atoms with E-state index in [2.05, 4.69) is 5.32 Å². The van der Waals surface area contributed by atoms with Crippen LogP contribution in [0.1, 0.15) is 50.1 Å². The number of rotatable bonds is 5. The average Bonchev–Trinajstić information content (AvgIpc) is 3.25. The van der Waals surface area contributed by atoms with Gasteiger partial charge in [-0.05, 0) is 49.3 Å². The Morgan fingerprint density at radius 1 is 1.08 bits per heavy atom. The van der Waals surface area contributed by atoms with Crippen LogP contribution in [0.2, 0.25) is 0 Å². The molecule has 0 bridgehead atoms. The zero-order valence-electron chi connectivity index (χ0n) is 13.4. The fourth-order valence-corrected chi connectivity index (χ4v) is 3.69. The third-order valence-electron chi connectivity index (χ3n) is 4.99. The van der Waals surface area contributed by atoms with Crippen LogP contribution in [0.5, 0.6) is 0 Å². The van der Waals surface area contributed by atoms with Gasteiger partial charge >= 0.3 is 5.97 Å². The second-order valence-electron chi connectivity index (χ2n) is 6.61. The Morgan fingerprint density at radius 2 is 1.71 bits per heavy atom. The maximum absolute atomic E-state index is 13.2. The molecule has 1 heterocycles. The van der Waals surface area contributed by atoms with E-state index in [-0.39, 0.29) is 17.8 Å². The minimum Gasteiger partial charge on any atom is -0.479 e. The second kappa shape index (κ2) is 7.30. The SMILES string of the molecule is O=C(NC(c1ccc(F)cc1)C1CCCC1)[C@@H]1CC[C@H](C(=O)O)O1. The predicted octanol–water partition coefficient (Wildman–Crippen LogP) is 2.81. The molecule has 2 fully saturated rings. The number of carboxylic acid groups (broad SMARTS) is 1. The van der Waals surface area contributed by atoms with Crippen LogP contribution in [0.25, 0.3) is 0 Å². The normalized spacial score (nSPS) is 25.5. The van der Waals surface area contributed by atoms with E-state index < -0.39 is 18.2 Å². The van der Waals surface area contributed by atoms with Gasteiger partial charge in [0, 0.05) is 0 Å². The lowest BCUT2D eigenvalue weighted by Gasteiger charge is -2.26. The number of hydrogen-bond donors (Lipinski definition) is 2. The number of benzene rings is 1. The van der Waals surface area contributed by atoms with Gasteiger partial charge in [0.1, 0.15) is 11.9 Å². The van der Waals surface area contributed by atoms with Crippen LogP contribution in [0.3, 0.4) is 0 Å². The molecule has 0 spiro atoms. The van der Waals surface area contributed by atoms with E-state index in [0.717, 1.165) is 31.2 Å². The largest absolute Gasteiger partial charge is 0.479 e. The summed E-state index contributed by atoms with van der Waals surface area (Å²) in [6, 6.07) is 6.02. The number of carbonyl (C=O) groups excluding carboxylic acids is 1. The van der Waals surface area contributed by atoms with Crippen LogP contribution in [-0.4, -0.2) is 29.2 Å². The molecule has 0 aromatic heterocycles. The molecule has 1 saturated heterocycles. The first-order valence-corrected chi connectivity index (χ1v) is 8.48. The average molecular weight is 335 g/mol. The van der Waals surface area contributed by atoms with E-state index in [0.29, 0.717) is 18.8 Å². The molecule has 5 nitrogen and oxygen atoms in total. The number of ether oxygens (including phenoxy) is 1. The van der Waals surface area contributed by atoms with Gasteiger partial charge < -0.3 is 15.2 Å². The minimum absolute atomic E-state index is 0.187. The summed E-state index contributed by atoms with van der Waals surface area (Å²) in [6.07, 6.45) is 3.41. The Hall–Kier alpha value is -1.95. The van der Waals surface area contributed by atoms with Crippen LogP contribution in [-0.2, 0) is 14.3 Å². The number of carboxylic acids is 1. The van der Waals surface area contributed by atoms with Crippen LogP contribution in [0.15, 0.2) is 24.3 Å². The lowest BCUT2D eigenvalue weighted by Crippen LogP contribution is -2.40. The molecule has 1 aliphatic heterocycles. The Kier molecular flexibility index (Phi) is 5.14. The van der Waals surface area contributed by atoms with Crippen molar-refractivity contribution in [2.45, 2.75) is 56.8 Å². The number of nitrogens with one attached hydrogen (secondary N) is 1. The summed E-state index contributed by atoms with van der Waals surface area (Å²) in [4.78, 5) is 23.5. The van der Waals surface area contributed by atoms with Crippen LogP contribution in [0, 0.1) is 11.7 Å². The summed E-state index contributed by atoms with van der Waals surface area (Å²) in [7, 11) is 0. The Morgan fingerprint density at radius 3 is 2.29 bits per heavy atom. The fraction of sp³-hybridized carbons (Fsp3) is 0.556. The number of aliphatic carboxylic acids is 1. The number of halogens is 1. The van der Waals surface area contributed by atoms with Gasteiger partial charge in [0.2, 0.25) is 5.91 Å². The first-order valence-electron chi connectivity index (χ1n) is 8.48. The van der Waals surface area contributed by atoms with Crippen molar-refractivity contribution in [3.05, 3.63) is 35.6 Å². The summed E-state index contributed by atoms with van der Waals surface area (Å²) in [6.45, 7) is 0. The highest BCUT2D eigenvalue weighted by atomic mass is 19.1. The smallest absolute Gasteiger partial charge is 0.332 e. The topological polar surface area (TPSA) is 75.6 Å². The van der Waals surface area contributed by atoms with Crippen LogP contribution in [0.4, 0.5) is 4.39 Å². The number of amides is 1. The molecule has 3 atom stereocenters. The van der Waals surface area contributed by atoms with Crippen molar-refractivity contribution in [3.63, 3.8) is 0 Å². The van der Waals surface area contributed by atoms with Gasteiger partial charge in [-0.25, -0.2) is 9.18 Å². The maximum atomic E-state index is 13.2. The van der Waals surface area contributed by atoms with Crippen molar-refractivity contribution in [1.82, 2.24) is 5.32 Å². The highest BCUT2D eigenvalue weighted by Gasteiger charge is 2.37. The van der Waals surface area contributed by atoms with Crippen molar-refractivity contribution in [1.29, 1.82) is 0 Å². The monoisotopic (exact) mass is 335 g/mol. The molecule has 2 N–H and O–H groups in total. The quantitative estimate of drug-likeness (QED) is 0.867. The van der Waals surface area contributed by atoms with Gasteiger partial charge in [-0.2, -0.15) is 0 Å². The van der Waals surface area contributed by atoms with Gasteiger partial charge in [-0.15, -0.1) is 0 Å². The van der Waals surface area contributed by atoms with Crippen molar-refractivity contribution in [3.8, 4) is 0 Å². The molecule has 1 aromatic rings. The molecule has 2 aliphatic rings. The molecule has 6 heteroatoms. The lowest BCUT2D eigenvalue weighted by atomic mass is 9.91. The number of carbonyl (C=O) groups is 2. The molecule has 1 saturated carbocycles. The van der Waals surface area contributed by atoms with E-state index >= 15 is 0 Å². The first-order chi connectivity index (χ1) is 11.5. The zero-order chi connectivity index (χ0) is 17.1. The highest BCUT2D eigenvalue weighted by Crippen LogP contribution is 2.36. The molecule has 1 aromatic carbocycles. The molecule has 24 heavy (non-hydrogen) atoms. The lowest BCUT2D eigenvalue weighted by molar-refractivity contribution is -0.152. The van der Waals surface area contributed by atoms with Gasteiger partial charge in [0.15, 0.2) is 6.10 Å². The first kappa shape index (κ1) is 16.9. The fourth-order valence-electron chi connectivity index (χ4n) is 3.69. The molecular weight excluding hydrogens is 313 g/mol. The molecule has 130 valence electrons. The Balaban J connectivity index is 1.71. The van der Waals surface area contributed by atoms with E-state index in [1.54, 1.807) is 12.1 Å². The summed E-state index contributed by atoms with van der Waals surface area (Å²) >= 11 is 0. The van der Waals surface area contributed by atoms with Crippen LogP contribution < -0.4 is 5.32 Å². The van der Waals surface area contributed by atoms with Crippen molar-refractivity contribution >= 4 is 11.9 Å². The second-order valence-corrected chi connectivity index (χ2v) is 6.61. The standard InChI is InChI=1S/C18H22FNO4/c19-13-7-5-12(6-8-13)16(11-3-1-2-4-11)20-17(21)14-9-10-15(24-14)18(22)23/h5-8,11,14-16H,1-4,9-10H2,(H,20,21)(H,22,23)/t14-,15+,16?/m0/s1. The van der Waals surface area contributed by atoms with Gasteiger partial charge in [0.05, 0.1) is 6.04 Å². The Bertz CT molecular complexity index is 598. The minimum atomic E-state index is -1.03. The molecule has 1 unspecified atom stereocenters. The molecule has 0 radical (unpaired) electrons. The zero-order valence-corrected chi connectivity index (χ0v) is 13.4. The third kappa shape index (κ3) is 3.75. The van der Waals surface area contributed by atoms with E-state index in [1.165, 1.54) is 12.1 Å². The molecule has 3 rings (SSSR count). The highest BCUT2D eigenvalue weighted by molar-refractivity contribution is 5.83. The molecule has 1 amide bonds. The molecule has 1 aliphatic carbocycles. The third-order valence-corrected chi connectivity index (χ3v) is 4.99. The van der Waals surface area contributed by atoms with E-state index in [9.17, 15) is 14.0 Å². The maximum Gasteiger partial charge on any atom is 0.332 e. The summed E-state index contributed by atoms with van der Waals surface area (Å²) in [5.74, 6) is -1.30. The summed E-state index contributed by atoms with van der Waals surface area (Å²) < 4.78 is 18.5. The van der Waals surface area contributed by atoms with E-state index in [4.69, 9.17) is 9.84 Å². The van der Waals surface area contributed by atoms with Gasteiger partial charge in [-0.1, -0.05) is 25.0 Å². The van der Waals surface area contributed by atoms with E-state index in [1.807, 2.05) is 0 Å². The predicted molar refractivity (Wildman–Crippen MR) is 84.8 cm³/mol. The summed E-state index contributed by atoms with van der Waals surface area (Å²) in [5.41, 5.74) is 0.879. The van der Waals surface area contributed by atoms with Crippen molar-refractivity contribution in [2.75, 3.05) is 0 Å². The Labute approximate surface area is 140 Å². The summed E-state index contributed by atoms with van der Waals surface area (Å²) in [5, 5.41) is 12.0.